The largest absolute Gasteiger partial charge is 0.356 e. The quantitative estimate of drug-likeness (QED) is 0.747. The standard InChI is InChI=1S/C17H25ClN2O3S/c1-24(22,23)20-12-9-15(10-13-20)17(21)19-11-3-2-4-14-5-7-16(18)8-6-14/h5-8,15H,2-4,9-13H2,1H3,(H,19,21). The summed E-state index contributed by atoms with van der Waals surface area (Å²) in [4.78, 5) is 12.1. The molecule has 0 aliphatic carbocycles. The van der Waals surface area contributed by atoms with Crippen molar-refractivity contribution in [2.75, 3.05) is 25.9 Å². The van der Waals surface area contributed by atoms with Gasteiger partial charge in [-0.05, 0) is 49.8 Å². The van der Waals surface area contributed by atoms with E-state index in [0.717, 1.165) is 24.3 Å². The number of aryl methyl sites for hydroxylation is 1. The Morgan fingerprint density at radius 3 is 2.42 bits per heavy atom. The Balaban J connectivity index is 1.61. The number of amides is 1. The molecule has 1 saturated heterocycles. The SMILES string of the molecule is CS(=O)(=O)N1CCC(C(=O)NCCCCc2ccc(Cl)cc2)CC1. The van der Waals surface area contributed by atoms with Crippen molar-refractivity contribution < 1.29 is 13.2 Å². The van der Waals surface area contributed by atoms with Gasteiger partial charge in [-0.3, -0.25) is 4.79 Å². The second-order valence-corrected chi connectivity index (χ2v) is 8.73. The van der Waals surface area contributed by atoms with E-state index < -0.39 is 10.0 Å². The van der Waals surface area contributed by atoms with Crippen LogP contribution in [0.2, 0.25) is 5.02 Å². The minimum absolute atomic E-state index is 0.0506. The Hall–Kier alpha value is -1.11. The van der Waals surface area contributed by atoms with E-state index in [9.17, 15) is 13.2 Å². The van der Waals surface area contributed by atoms with Crippen LogP contribution in [-0.4, -0.2) is 44.5 Å². The Labute approximate surface area is 149 Å². The van der Waals surface area contributed by atoms with E-state index in [4.69, 9.17) is 11.6 Å². The lowest BCUT2D eigenvalue weighted by atomic mass is 9.97. The molecule has 0 spiro atoms. The number of halogens is 1. The molecule has 0 aromatic heterocycles. The zero-order chi connectivity index (χ0) is 17.6. The third-order valence-corrected chi connectivity index (χ3v) is 5.95. The topological polar surface area (TPSA) is 66.5 Å². The van der Waals surface area contributed by atoms with E-state index in [2.05, 4.69) is 5.32 Å². The number of benzene rings is 1. The van der Waals surface area contributed by atoms with Crippen molar-refractivity contribution in [2.24, 2.45) is 5.92 Å². The number of rotatable bonds is 7. The number of hydrogen-bond acceptors (Lipinski definition) is 3. The van der Waals surface area contributed by atoms with Gasteiger partial charge in [0.15, 0.2) is 0 Å². The third kappa shape index (κ3) is 6.07. The van der Waals surface area contributed by atoms with Crippen LogP contribution in [0.15, 0.2) is 24.3 Å². The van der Waals surface area contributed by atoms with Crippen molar-refractivity contribution in [3.8, 4) is 0 Å². The van der Waals surface area contributed by atoms with Gasteiger partial charge in [-0.15, -0.1) is 0 Å². The van der Waals surface area contributed by atoms with Gasteiger partial charge in [0, 0.05) is 30.6 Å². The molecule has 0 saturated carbocycles. The van der Waals surface area contributed by atoms with Crippen LogP contribution in [-0.2, 0) is 21.2 Å². The normalized spacial score (nSPS) is 16.9. The van der Waals surface area contributed by atoms with Gasteiger partial charge in [-0.25, -0.2) is 12.7 Å². The van der Waals surface area contributed by atoms with Crippen molar-refractivity contribution in [1.82, 2.24) is 9.62 Å². The smallest absolute Gasteiger partial charge is 0.223 e. The van der Waals surface area contributed by atoms with Crippen molar-refractivity contribution in [3.05, 3.63) is 34.9 Å². The van der Waals surface area contributed by atoms with Crippen molar-refractivity contribution in [1.29, 1.82) is 0 Å². The highest BCUT2D eigenvalue weighted by atomic mass is 35.5. The molecule has 1 aromatic carbocycles. The molecule has 5 nitrogen and oxygen atoms in total. The van der Waals surface area contributed by atoms with Gasteiger partial charge >= 0.3 is 0 Å². The first-order valence-corrected chi connectivity index (χ1v) is 10.6. The monoisotopic (exact) mass is 372 g/mol. The number of sulfonamides is 1. The molecule has 0 radical (unpaired) electrons. The molecule has 1 heterocycles. The molecule has 2 rings (SSSR count). The number of nitrogens with one attached hydrogen (secondary N) is 1. The summed E-state index contributed by atoms with van der Waals surface area (Å²) in [6, 6.07) is 7.83. The number of carbonyl (C=O) groups excluding carboxylic acids is 1. The lowest BCUT2D eigenvalue weighted by Crippen LogP contribution is -2.42. The highest BCUT2D eigenvalue weighted by Gasteiger charge is 2.28. The molecular weight excluding hydrogens is 348 g/mol. The van der Waals surface area contributed by atoms with Crippen molar-refractivity contribution in [3.63, 3.8) is 0 Å². The summed E-state index contributed by atoms with van der Waals surface area (Å²) in [6.45, 7) is 1.54. The van der Waals surface area contributed by atoms with Crippen LogP contribution in [0.25, 0.3) is 0 Å². The number of carbonyl (C=O) groups is 1. The summed E-state index contributed by atoms with van der Waals surface area (Å²) < 4.78 is 24.4. The fourth-order valence-corrected chi connectivity index (χ4v) is 3.91. The first-order chi connectivity index (χ1) is 11.4. The van der Waals surface area contributed by atoms with Crippen LogP contribution >= 0.6 is 11.6 Å². The molecule has 1 aliphatic rings. The van der Waals surface area contributed by atoms with Crippen LogP contribution in [0.4, 0.5) is 0 Å². The highest BCUT2D eigenvalue weighted by molar-refractivity contribution is 7.88. The molecule has 1 fully saturated rings. The van der Waals surface area contributed by atoms with Gasteiger partial charge in [0.05, 0.1) is 6.26 Å². The Kier molecular flexibility index (Phi) is 7.07. The van der Waals surface area contributed by atoms with Gasteiger partial charge < -0.3 is 5.32 Å². The lowest BCUT2D eigenvalue weighted by Gasteiger charge is -2.29. The summed E-state index contributed by atoms with van der Waals surface area (Å²) in [5.74, 6) is -0.0195. The van der Waals surface area contributed by atoms with Gasteiger partial charge in [-0.2, -0.15) is 0 Å². The molecule has 134 valence electrons. The molecule has 1 N–H and O–H groups in total. The predicted molar refractivity (Wildman–Crippen MR) is 96.5 cm³/mol. The fourth-order valence-electron chi connectivity index (χ4n) is 2.91. The predicted octanol–water partition coefficient (Wildman–Crippen LogP) is 2.45. The molecule has 1 amide bonds. The zero-order valence-corrected chi connectivity index (χ0v) is 15.6. The molecule has 1 aliphatic heterocycles. The summed E-state index contributed by atoms with van der Waals surface area (Å²) in [5, 5.41) is 3.72. The lowest BCUT2D eigenvalue weighted by molar-refractivity contribution is -0.126. The maximum absolute atomic E-state index is 12.1. The maximum atomic E-state index is 12.1. The van der Waals surface area contributed by atoms with Crippen molar-refractivity contribution in [2.45, 2.75) is 32.1 Å². The van der Waals surface area contributed by atoms with E-state index in [0.29, 0.717) is 32.5 Å². The van der Waals surface area contributed by atoms with E-state index >= 15 is 0 Å². The van der Waals surface area contributed by atoms with Crippen LogP contribution in [0.3, 0.4) is 0 Å². The second kappa shape index (κ2) is 8.83. The van der Waals surface area contributed by atoms with Gasteiger partial charge in [0.2, 0.25) is 15.9 Å². The average molecular weight is 373 g/mol. The number of unbranched alkanes of at least 4 members (excludes halogenated alkanes) is 1. The first kappa shape index (κ1) is 19.2. The third-order valence-electron chi connectivity index (χ3n) is 4.40. The summed E-state index contributed by atoms with van der Waals surface area (Å²) in [6.07, 6.45) is 5.33. The summed E-state index contributed by atoms with van der Waals surface area (Å²) >= 11 is 5.85. The minimum atomic E-state index is -3.14. The van der Waals surface area contributed by atoms with E-state index in [-0.39, 0.29) is 11.8 Å². The molecule has 0 bridgehead atoms. The van der Waals surface area contributed by atoms with Crippen LogP contribution in [0.1, 0.15) is 31.2 Å². The summed E-state index contributed by atoms with van der Waals surface area (Å²) in [7, 11) is -3.14. The molecule has 7 heteroatoms. The van der Waals surface area contributed by atoms with E-state index in [1.54, 1.807) is 0 Å². The molecule has 1 aromatic rings. The number of nitrogens with zero attached hydrogens (tertiary/aromatic N) is 1. The van der Waals surface area contributed by atoms with Gasteiger partial charge in [-0.1, -0.05) is 23.7 Å². The van der Waals surface area contributed by atoms with Gasteiger partial charge in [0.25, 0.3) is 0 Å². The maximum Gasteiger partial charge on any atom is 0.223 e. The van der Waals surface area contributed by atoms with Crippen LogP contribution in [0, 0.1) is 5.92 Å². The van der Waals surface area contributed by atoms with Crippen LogP contribution in [0.5, 0.6) is 0 Å². The number of piperidine rings is 1. The Bertz CT molecular complexity index is 638. The number of hydrogen-bond donors (Lipinski definition) is 1. The highest BCUT2D eigenvalue weighted by Crippen LogP contribution is 2.19. The summed E-state index contributed by atoms with van der Waals surface area (Å²) in [5.41, 5.74) is 1.25. The average Bonchev–Trinajstić information content (AvgIpc) is 2.55. The molecule has 24 heavy (non-hydrogen) atoms. The molecule has 0 unspecified atom stereocenters. The molecule has 0 atom stereocenters. The van der Waals surface area contributed by atoms with E-state index in [1.165, 1.54) is 16.1 Å². The van der Waals surface area contributed by atoms with E-state index in [1.807, 2.05) is 24.3 Å². The van der Waals surface area contributed by atoms with Gasteiger partial charge in [0.1, 0.15) is 0 Å². The van der Waals surface area contributed by atoms with Crippen molar-refractivity contribution >= 4 is 27.5 Å². The molecular formula is C17H25ClN2O3S. The van der Waals surface area contributed by atoms with Crippen LogP contribution < -0.4 is 5.32 Å². The zero-order valence-electron chi connectivity index (χ0n) is 14.0. The Morgan fingerprint density at radius 2 is 1.83 bits per heavy atom. The Morgan fingerprint density at radius 1 is 1.21 bits per heavy atom. The second-order valence-electron chi connectivity index (χ2n) is 6.31. The minimum Gasteiger partial charge on any atom is -0.356 e. The first-order valence-electron chi connectivity index (χ1n) is 8.33. The fraction of sp³-hybridized carbons (Fsp3) is 0.588.